The number of nitrogens with zero attached hydrogens (tertiary/aromatic N) is 1. The maximum atomic E-state index is 13.1. The Labute approximate surface area is 86.8 Å². The Morgan fingerprint density at radius 1 is 1.57 bits per heavy atom. The standard InChI is InChI=1S/C9H11ClFN3/c10-7-5-8(11)9(14-6-7)13-4-2-1-3-12/h1-2,5-6H,3-4,12H2,(H,13,14)/b2-1+. The maximum absolute atomic E-state index is 13.1. The van der Waals surface area contributed by atoms with Gasteiger partial charge in [-0.3, -0.25) is 0 Å². The molecule has 5 heteroatoms. The second-order valence-electron chi connectivity index (χ2n) is 2.57. The molecule has 0 aliphatic rings. The Morgan fingerprint density at radius 2 is 2.36 bits per heavy atom. The monoisotopic (exact) mass is 215 g/mol. The lowest BCUT2D eigenvalue weighted by molar-refractivity contribution is 0.625. The highest BCUT2D eigenvalue weighted by Gasteiger charge is 2.01. The zero-order valence-electron chi connectivity index (χ0n) is 7.50. The third kappa shape index (κ3) is 3.32. The van der Waals surface area contributed by atoms with Gasteiger partial charge in [-0.2, -0.15) is 0 Å². The van der Waals surface area contributed by atoms with Crippen LogP contribution in [-0.2, 0) is 0 Å². The van der Waals surface area contributed by atoms with Crippen LogP contribution in [0.4, 0.5) is 10.2 Å². The minimum atomic E-state index is -0.460. The van der Waals surface area contributed by atoms with Crippen LogP contribution in [0.2, 0.25) is 5.02 Å². The molecular weight excluding hydrogens is 205 g/mol. The Hall–Kier alpha value is -1.13. The first-order valence-corrected chi connectivity index (χ1v) is 4.52. The van der Waals surface area contributed by atoms with Crippen molar-refractivity contribution < 1.29 is 4.39 Å². The van der Waals surface area contributed by atoms with Crippen molar-refractivity contribution in [2.24, 2.45) is 5.73 Å². The topological polar surface area (TPSA) is 50.9 Å². The Balaban J connectivity index is 2.55. The largest absolute Gasteiger partial charge is 0.364 e. The van der Waals surface area contributed by atoms with E-state index in [0.717, 1.165) is 0 Å². The van der Waals surface area contributed by atoms with E-state index in [0.29, 0.717) is 13.1 Å². The van der Waals surface area contributed by atoms with Gasteiger partial charge in [0.15, 0.2) is 11.6 Å². The highest BCUT2D eigenvalue weighted by molar-refractivity contribution is 6.30. The summed E-state index contributed by atoms with van der Waals surface area (Å²) < 4.78 is 13.1. The fourth-order valence-electron chi connectivity index (χ4n) is 0.880. The summed E-state index contributed by atoms with van der Waals surface area (Å²) in [6.07, 6.45) is 4.97. The molecule has 1 rings (SSSR count). The maximum Gasteiger partial charge on any atom is 0.166 e. The van der Waals surface area contributed by atoms with E-state index in [1.165, 1.54) is 12.3 Å². The van der Waals surface area contributed by atoms with Gasteiger partial charge in [0, 0.05) is 19.3 Å². The zero-order valence-corrected chi connectivity index (χ0v) is 8.26. The third-order valence-corrected chi connectivity index (χ3v) is 1.70. The summed E-state index contributed by atoms with van der Waals surface area (Å²) in [4.78, 5) is 3.79. The molecule has 0 bridgehead atoms. The van der Waals surface area contributed by atoms with Crippen LogP contribution in [0, 0.1) is 5.82 Å². The number of halogens is 2. The number of rotatable bonds is 4. The fraction of sp³-hybridized carbons (Fsp3) is 0.222. The number of pyridine rings is 1. The molecule has 0 aliphatic heterocycles. The highest BCUT2D eigenvalue weighted by Crippen LogP contribution is 2.14. The van der Waals surface area contributed by atoms with Crippen LogP contribution >= 0.6 is 11.6 Å². The van der Waals surface area contributed by atoms with Crippen molar-refractivity contribution in [1.29, 1.82) is 0 Å². The van der Waals surface area contributed by atoms with Crippen molar-refractivity contribution in [3.8, 4) is 0 Å². The van der Waals surface area contributed by atoms with E-state index >= 15 is 0 Å². The van der Waals surface area contributed by atoms with E-state index in [1.807, 2.05) is 0 Å². The van der Waals surface area contributed by atoms with Crippen LogP contribution in [0.15, 0.2) is 24.4 Å². The summed E-state index contributed by atoms with van der Waals surface area (Å²) in [7, 11) is 0. The molecular formula is C9H11ClFN3. The molecule has 0 aliphatic carbocycles. The van der Waals surface area contributed by atoms with Gasteiger partial charge in [0.25, 0.3) is 0 Å². The predicted octanol–water partition coefficient (Wildman–Crippen LogP) is 1.80. The Kier molecular flexibility index (Phi) is 4.35. The smallest absolute Gasteiger partial charge is 0.166 e. The van der Waals surface area contributed by atoms with Gasteiger partial charge in [0.2, 0.25) is 0 Å². The van der Waals surface area contributed by atoms with Gasteiger partial charge >= 0.3 is 0 Å². The summed E-state index contributed by atoms with van der Waals surface area (Å²) in [5.41, 5.74) is 5.24. The summed E-state index contributed by atoms with van der Waals surface area (Å²) in [6, 6.07) is 1.21. The SMILES string of the molecule is NC/C=C/CNc1ncc(Cl)cc1F. The number of hydrogen-bond donors (Lipinski definition) is 2. The molecule has 3 nitrogen and oxygen atoms in total. The molecule has 0 fully saturated rings. The minimum Gasteiger partial charge on any atom is -0.364 e. The van der Waals surface area contributed by atoms with E-state index < -0.39 is 5.82 Å². The minimum absolute atomic E-state index is 0.191. The Morgan fingerprint density at radius 3 is 3.00 bits per heavy atom. The van der Waals surface area contributed by atoms with Gasteiger partial charge in [-0.15, -0.1) is 0 Å². The molecule has 1 aromatic heterocycles. The van der Waals surface area contributed by atoms with Gasteiger partial charge < -0.3 is 11.1 Å². The molecule has 0 spiro atoms. The lowest BCUT2D eigenvalue weighted by atomic mass is 10.4. The fourth-order valence-corrected chi connectivity index (χ4v) is 1.02. The number of hydrogen-bond acceptors (Lipinski definition) is 3. The first-order valence-electron chi connectivity index (χ1n) is 4.14. The lowest BCUT2D eigenvalue weighted by Crippen LogP contribution is -2.03. The first-order chi connectivity index (χ1) is 6.74. The van der Waals surface area contributed by atoms with Crippen molar-refractivity contribution in [3.05, 3.63) is 35.3 Å². The molecule has 3 N–H and O–H groups in total. The average molecular weight is 216 g/mol. The second kappa shape index (κ2) is 5.57. The van der Waals surface area contributed by atoms with Crippen LogP contribution in [0.25, 0.3) is 0 Å². The van der Waals surface area contributed by atoms with E-state index in [-0.39, 0.29) is 10.8 Å². The van der Waals surface area contributed by atoms with Gasteiger partial charge in [0.1, 0.15) is 0 Å². The summed E-state index contributed by atoms with van der Waals surface area (Å²) in [5, 5.41) is 3.07. The summed E-state index contributed by atoms with van der Waals surface area (Å²) in [6.45, 7) is 0.959. The number of nitrogens with one attached hydrogen (secondary N) is 1. The van der Waals surface area contributed by atoms with Crippen molar-refractivity contribution >= 4 is 17.4 Å². The molecule has 1 aromatic rings. The van der Waals surface area contributed by atoms with E-state index in [2.05, 4.69) is 10.3 Å². The first kappa shape index (κ1) is 10.9. The van der Waals surface area contributed by atoms with E-state index in [4.69, 9.17) is 17.3 Å². The van der Waals surface area contributed by atoms with Crippen LogP contribution < -0.4 is 11.1 Å². The lowest BCUT2D eigenvalue weighted by Gasteiger charge is -2.03. The molecule has 0 saturated carbocycles. The predicted molar refractivity (Wildman–Crippen MR) is 55.9 cm³/mol. The molecule has 0 atom stereocenters. The van der Waals surface area contributed by atoms with E-state index in [1.54, 1.807) is 12.2 Å². The summed E-state index contributed by atoms with van der Waals surface area (Å²) >= 11 is 5.54. The van der Waals surface area contributed by atoms with Gasteiger partial charge in [-0.05, 0) is 6.07 Å². The molecule has 0 amide bonds. The molecule has 76 valence electrons. The molecule has 0 aromatic carbocycles. The summed E-state index contributed by atoms with van der Waals surface area (Å²) in [5.74, 6) is -0.269. The number of aromatic nitrogens is 1. The van der Waals surface area contributed by atoms with Gasteiger partial charge in [-0.1, -0.05) is 23.8 Å². The normalized spacial score (nSPS) is 10.8. The van der Waals surface area contributed by atoms with Crippen molar-refractivity contribution in [3.63, 3.8) is 0 Å². The zero-order chi connectivity index (χ0) is 10.4. The number of anilines is 1. The molecule has 0 radical (unpaired) electrons. The highest BCUT2D eigenvalue weighted by atomic mass is 35.5. The third-order valence-electron chi connectivity index (χ3n) is 1.50. The van der Waals surface area contributed by atoms with Crippen LogP contribution in [0.1, 0.15) is 0 Å². The molecule has 1 heterocycles. The Bertz CT molecular complexity index is 328. The van der Waals surface area contributed by atoms with Crippen molar-refractivity contribution in [1.82, 2.24) is 4.98 Å². The van der Waals surface area contributed by atoms with Gasteiger partial charge in [-0.25, -0.2) is 9.37 Å². The average Bonchev–Trinajstić information content (AvgIpc) is 2.15. The quantitative estimate of drug-likeness (QED) is 0.754. The van der Waals surface area contributed by atoms with Crippen molar-refractivity contribution in [2.45, 2.75) is 0 Å². The second-order valence-corrected chi connectivity index (χ2v) is 3.01. The number of nitrogens with two attached hydrogens (primary N) is 1. The van der Waals surface area contributed by atoms with E-state index in [9.17, 15) is 4.39 Å². The van der Waals surface area contributed by atoms with Crippen molar-refractivity contribution in [2.75, 3.05) is 18.4 Å². The molecule has 0 unspecified atom stereocenters. The van der Waals surface area contributed by atoms with Crippen LogP contribution in [-0.4, -0.2) is 18.1 Å². The van der Waals surface area contributed by atoms with Gasteiger partial charge in [0.05, 0.1) is 5.02 Å². The molecule has 0 saturated heterocycles. The van der Waals surface area contributed by atoms with Crippen LogP contribution in [0.5, 0.6) is 0 Å². The molecule has 14 heavy (non-hydrogen) atoms. The van der Waals surface area contributed by atoms with Crippen LogP contribution in [0.3, 0.4) is 0 Å².